The summed E-state index contributed by atoms with van der Waals surface area (Å²) in [6.45, 7) is 2.12. The van der Waals surface area contributed by atoms with E-state index in [1.54, 1.807) is 47.9 Å². The molecule has 32 heavy (non-hydrogen) atoms. The molecule has 0 saturated heterocycles. The molecule has 1 aromatic heterocycles. The van der Waals surface area contributed by atoms with Crippen molar-refractivity contribution in [3.8, 4) is 23.3 Å². The van der Waals surface area contributed by atoms with Crippen LogP contribution in [0, 0.1) is 18.3 Å². The number of benzene rings is 2. The Morgan fingerprint density at radius 1 is 1.16 bits per heavy atom. The van der Waals surface area contributed by atoms with Gasteiger partial charge in [0.2, 0.25) is 5.88 Å². The van der Waals surface area contributed by atoms with E-state index in [1.165, 1.54) is 12.1 Å². The van der Waals surface area contributed by atoms with Gasteiger partial charge in [0.05, 0.1) is 11.5 Å². The number of hydrogen-bond donors (Lipinski definition) is 3. The number of aromatic hydroxyl groups is 2. The molecule has 1 atom stereocenters. The number of rotatable bonds is 4. The number of nitrogens with zero attached hydrogens (tertiary/aromatic N) is 2. The zero-order valence-electron chi connectivity index (χ0n) is 17.2. The van der Waals surface area contributed by atoms with Crippen molar-refractivity contribution in [2.45, 2.75) is 25.8 Å². The second-order valence-corrected chi connectivity index (χ2v) is 8.01. The highest BCUT2D eigenvalue weighted by Crippen LogP contribution is 2.40. The molecule has 0 saturated carbocycles. The Balaban J connectivity index is 1.80. The number of aromatic nitrogens is 1. The van der Waals surface area contributed by atoms with Crippen LogP contribution in [0.25, 0.3) is 0 Å². The van der Waals surface area contributed by atoms with Gasteiger partial charge in [0.1, 0.15) is 17.4 Å². The number of pyridine rings is 1. The molecule has 7 nitrogen and oxygen atoms in total. The van der Waals surface area contributed by atoms with E-state index in [0.29, 0.717) is 40.6 Å². The molecule has 0 radical (unpaired) electrons. The summed E-state index contributed by atoms with van der Waals surface area (Å²) < 4.78 is 7.26. The molecule has 0 spiro atoms. The lowest BCUT2D eigenvalue weighted by atomic mass is 9.84. The van der Waals surface area contributed by atoms with Crippen molar-refractivity contribution < 1.29 is 14.9 Å². The van der Waals surface area contributed by atoms with Gasteiger partial charge in [0, 0.05) is 23.3 Å². The van der Waals surface area contributed by atoms with Crippen LogP contribution in [0.15, 0.2) is 64.8 Å². The third-order valence-electron chi connectivity index (χ3n) is 5.56. The quantitative estimate of drug-likeness (QED) is 0.522. The van der Waals surface area contributed by atoms with Gasteiger partial charge in [-0.15, -0.1) is 0 Å². The van der Waals surface area contributed by atoms with Crippen LogP contribution in [0.4, 0.5) is 0 Å². The summed E-state index contributed by atoms with van der Waals surface area (Å²) in [6, 6.07) is 15.3. The highest BCUT2D eigenvalue weighted by atomic mass is 35.5. The minimum atomic E-state index is -0.682. The van der Waals surface area contributed by atoms with E-state index < -0.39 is 5.92 Å². The Kier molecular flexibility index (Phi) is 5.56. The summed E-state index contributed by atoms with van der Waals surface area (Å²) >= 11 is 6.02. The highest BCUT2D eigenvalue weighted by Gasteiger charge is 2.34. The number of nitriles is 1. The summed E-state index contributed by atoms with van der Waals surface area (Å²) in [7, 11) is 0. The molecule has 2 aromatic carbocycles. The van der Waals surface area contributed by atoms with E-state index in [2.05, 4.69) is 6.07 Å². The molecule has 1 aliphatic heterocycles. The Bertz CT molecular complexity index is 1340. The second-order valence-electron chi connectivity index (χ2n) is 7.57. The maximum atomic E-state index is 13.6. The third-order valence-corrected chi connectivity index (χ3v) is 5.81. The van der Waals surface area contributed by atoms with Gasteiger partial charge in [0.15, 0.2) is 11.5 Å². The normalized spacial score (nSPS) is 15.1. The zero-order valence-corrected chi connectivity index (χ0v) is 17.9. The summed E-state index contributed by atoms with van der Waals surface area (Å²) in [5, 5.41) is 29.5. The minimum Gasteiger partial charge on any atom is -0.504 e. The lowest BCUT2D eigenvalue weighted by molar-refractivity contribution is 0.388. The molecule has 1 aliphatic rings. The molecule has 2 heterocycles. The Labute approximate surface area is 189 Å². The topological polar surface area (TPSA) is 122 Å². The second kappa shape index (κ2) is 8.33. The van der Waals surface area contributed by atoms with Gasteiger partial charge >= 0.3 is 0 Å². The Morgan fingerprint density at radius 3 is 2.53 bits per heavy atom. The van der Waals surface area contributed by atoms with Crippen molar-refractivity contribution in [2.75, 3.05) is 0 Å². The van der Waals surface area contributed by atoms with Crippen LogP contribution in [0.1, 0.15) is 28.3 Å². The maximum absolute atomic E-state index is 13.6. The van der Waals surface area contributed by atoms with E-state index in [-0.39, 0.29) is 28.5 Å². The van der Waals surface area contributed by atoms with E-state index in [1.807, 2.05) is 0 Å². The van der Waals surface area contributed by atoms with Crippen LogP contribution >= 0.6 is 11.6 Å². The average molecular weight is 450 g/mol. The fourth-order valence-corrected chi connectivity index (χ4v) is 4.04. The number of phenolic OH excluding ortho intramolecular Hbond substituents is 2. The number of fused-ring (bicyclic) bond motifs is 1. The van der Waals surface area contributed by atoms with E-state index in [9.17, 15) is 20.3 Å². The zero-order chi connectivity index (χ0) is 23.0. The number of hydrogen-bond acceptors (Lipinski definition) is 6. The number of allylic oxidation sites excluding steroid dienone is 1. The standard InChI is InChI=1S/C24H20ClN3O4/c1-13-10-20-22(24(31)28(13)9-8-14-2-7-18(29)19(30)11-14)21(17(12-26)23(27)32-20)15-3-5-16(25)6-4-15/h2-7,10-11,21,29-30H,8-9,27H2,1H3/t21-/m0/s1. The van der Waals surface area contributed by atoms with Crippen LogP contribution in [-0.4, -0.2) is 14.8 Å². The molecule has 0 aliphatic carbocycles. The monoisotopic (exact) mass is 449 g/mol. The predicted octanol–water partition coefficient (Wildman–Crippen LogP) is 3.68. The minimum absolute atomic E-state index is 0.0314. The van der Waals surface area contributed by atoms with Crippen LogP contribution in [0.3, 0.4) is 0 Å². The molecule has 0 bridgehead atoms. The van der Waals surface area contributed by atoms with Crippen LogP contribution in [0.2, 0.25) is 5.02 Å². The van der Waals surface area contributed by atoms with Crippen molar-refractivity contribution >= 4 is 11.6 Å². The molecular weight excluding hydrogens is 430 g/mol. The third kappa shape index (κ3) is 3.77. The summed E-state index contributed by atoms with van der Waals surface area (Å²) in [5.74, 6) is -0.809. The molecule has 4 N–H and O–H groups in total. The van der Waals surface area contributed by atoms with Gasteiger partial charge in [-0.3, -0.25) is 4.79 Å². The number of ether oxygens (including phenoxy) is 1. The van der Waals surface area contributed by atoms with Gasteiger partial charge < -0.3 is 25.3 Å². The highest BCUT2D eigenvalue weighted by molar-refractivity contribution is 6.30. The maximum Gasteiger partial charge on any atom is 0.258 e. The number of phenols is 2. The van der Waals surface area contributed by atoms with Gasteiger partial charge in [-0.25, -0.2) is 0 Å². The first-order valence-electron chi connectivity index (χ1n) is 9.88. The smallest absolute Gasteiger partial charge is 0.258 e. The number of aryl methyl sites for hydroxylation is 2. The van der Waals surface area contributed by atoms with Gasteiger partial charge in [-0.2, -0.15) is 5.26 Å². The molecule has 0 fully saturated rings. The van der Waals surface area contributed by atoms with E-state index in [0.717, 1.165) is 5.56 Å². The molecular formula is C24H20ClN3O4. The lowest BCUT2D eigenvalue weighted by Gasteiger charge is -2.27. The average Bonchev–Trinajstić information content (AvgIpc) is 2.75. The van der Waals surface area contributed by atoms with Gasteiger partial charge in [0.25, 0.3) is 5.56 Å². The molecule has 8 heteroatoms. The molecule has 0 unspecified atom stereocenters. The van der Waals surface area contributed by atoms with Crippen LogP contribution < -0.4 is 16.0 Å². The Morgan fingerprint density at radius 2 is 1.88 bits per heavy atom. The lowest BCUT2D eigenvalue weighted by Crippen LogP contribution is -2.33. The molecule has 0 amide bonds. The first-order chi connectivity index (χ1) is 15.3. The van der Waals surface area contributed by atoms with Crippen LogP contribution in [0.5, 0.6) is 17.2 Å². The fourth-order valence-electron chi connectivity index (χ4n) is 3.92. The van der Waals surface area contributed by atoms with Crippen molar-refractivity contribution in [3.05, 3.63) is 97.7 Å². The van der Waals surface area contributed by atoms with Crippen LogP contribution in [-0.2, 0) is 13.0 Å². The van der Waals surface area contributed by atoms with E-state index in [4.69, 9.17) is 22.1 Å². The summed E-state index contributed by atoms with van der Waals surface area (Å²) in [4.78, 5) is 13.6. The fraction of sp³-hybridized carbons (Fsp3) is 0.167. The number of halogens is 1. The van der Waals surface area contributed by atoms with E-state index >= 15 is 0 Å². The van der Waals surface area contributed by atoms with Crippen molar-refractivity contribution in [1.29, 1.82) is 5.26 Å². The summed E-state index contributed by atoms with van der Waals surface area (Å²) in [5.41, 5.74) is 8.35. The van der Waals surface area contributed by atoms with Gasteiger partial charge in [-0.05, 0) is 48.7 Å². The molecule has 3 aromatic rings. The van der Waals surface area contributed by atoms with Crippen molar-refractivity contribution in [2.24, 2.45) is 5.73 Å². The van der Waals surface area contributed by atoms with Crippen molar-refractivity contribution in [3.63, 3.8) is 0 Å². The first kappa shape index (κ1) is 21.3. The largest absolute Gasteiger partial charge is 0.504 e. The van der Waals surface area contributed by atoms with Gasteiger partial charge in [-0.1, -0.05) is 29.8 Å². The molecule has 4 rings (SSSR count). The predicted molar refractivity (Wildman–Crippen MR) is 120 cm³/mol. The SMILES string of the molecule is Cc1cc2c(c(=O)n1CCc1ccc(O)c(O)c1)[C@@H](c1ccc(Cl)cc1)C(C#N)=C(N)O2. The van der Waals surface area contributed by atoms with Crippen molar-refractivity contribution in [1.82, 2.24) is 4.57 Å². The Hall–Kier alpha value is -3.89. The first-order valence-corrected chi connectivity index (χ1v) is 10.3. The molecule has 162 valence electrons. The summed E-state index contributed by atoms with van der Waals surface area (Å²) in [6.07, 6.45) is 0.447. The number of nitrogens with two attached hydrogens (primary N) is 1.